The molecule has 94 valence electrons. The van der Waals surface area contributed by atoms with Gasteiger partial charge in [-0.2, -0.15) is 4.98 Å². The van der Waals surface area contributed by atoms with Crippen LogP contribution in [0.15, 0.2) is 6.07 Å². The summed E-state index contributed by atoms with van der Waals surface area (Å²) >= 11 is 0. The fourth-order valence-electron chi connectivity index (χ4n) is 1.80. The Morgan fingerprint density at radius 2 is 2.18 bits per heavy atom. The van der Waals surface area contributed by atoms with E-state index in [2.05, 4.69) is 15.3 Å². The number of ether oxygens (including phenoxy) is 2. The fourth-order valence-corrected chi connectivity index (χ4v) is 1.80. The minimum absolute atomic E-state index is 0.215. The highest BCUT2D eigenvalue weighted by molar-refractivity contribution is 5.30. The Balaban J connectivity index is 2.03. The number of rotatable bonds is 4. The Bertz CT molecular complexity index is 365. The second kappa shape index (κ2) is 5.82. The average molecular weight is 237 g/mol. The van der Waals surface area contributed by atoms with Crippen LogP contribution in [0.5, 0.6) is 5.88 Å². The van der Waals surface area contributed by atoms with E-state index in [-0.39, 0.29) is 6.10 Å². The van der Waals surface area contributed by atoms with E-state index in [1.807, 2.05) is 19.9 Å². The third kappa shape index (κ3) is 3.56. The molecule has 1 aromatic rings. The van der Waals surface area contributed by atoms with Crippen LogP contribution in [0.1, 0.15) is 25.5 Å². The van der Waals surface area contributed by atoms with E-state index in [4.69, 9.17) is 9.47 Å². The Morgan fingerprint density at radius 1 is 1.41 bits per heavy atom. The van der Waals surface area contributed by atoms with Crippen LogP contribution in [0.3, 0.4) is 0 Å². The fraction of sp³-hybridized carbons (Fsp3) is 0.667. The van der Waals surface area contributed by atoms with Crippen molar-refractivity contribution >= 4 is 5.95 Å². The summed E-state index contributed by atoms with van der Waals surface area (Å²) in [5, 5.41) is 3.10. The predicted molar refractivity (Wildman–Crippen MR) is 65.4 cm³/mol. The Kier molecular flexibility index (Phi) is 4.14. The second-order valence-corrected chi connectivity index (χ2v) is 4.13. The average Bonchev–Trinajstić information content (AvgIpc) is 2.30. The molecule has 1 fully saturated rings. The second-order valence-electron chi connectivity index (χ2n) is 4.13. The topological polar surface area (TPSA) is 56.3 Å². The summed E-state index contributed by atoms with van der Waals surface area (Å²) in [6, 6.07) is 1.87. The maximum Gasteiger partial charge on any atom is 0.226 e. The van der Waals surface area contributed by atoms with Crippen molar-refractivity contribution < 1.29 is 9.47 Å². The van der Waals surface area contributed by atoms with E-state index in [0.29, 0.717) is 11.8 Å². The summed E-state index contributed by atoms with van der Waals surface area (Å²) in [4.78, 5) is 8.62. The number of aryl methyl sites for hydroxylation is 1. The molecule has 1 aromatic heterocycles. The molecule has 1 N–H and O–H groups in total. The van der Waals surface area contributed by atoms with Gasteiger partial charge in [0.25, 0.3) is 0 Å². The van der Waals surface area contributed by atoms with Crippen molar-refractivity contribution in [1.82, 2.24) is 9.97 Å². The van der Waals surface area contributed by atoms with Gasteiger partial charge in [-0.05, 0) is 13.8 Å². The normalized spacial score (nSPS) is 16.8. The minimum atomic E-state index is 0.215. The maximum atomic E-state index is 5.85. The smallest absolute Gasteiger partial charge is 0.226 e. The van der Waals surface area contributed by atoms with Crippen LogP contribution in [0.2, 0.25) is 0 Å². The summed E-state index contributed by atoms with van der Waals surface area (Å²) in [6.07, 6.45) is 2.08. The largest absolute Gasteiger partial charge is 0.474 e. The third-order valence-electron chi connectivity index (χ3n) is 2.62. The van der Waals surface area contributed by atoms with Crippen molar-refractivity contribution in [3.63, 3.8) is 0 Å². The number of hydrogen-bond donors (Lipinski definition) is 1. The highest BCUT2D eigenvalue weighted by Gasteiger charge is 2.16. The van der Waals surface area contributed by atoms with Gasteiger partial charge in [-0.25, -0.2) is 4.98 Å². The lowest BCUT2D eigenvalue weighted by atomic mass is 10.1. The van der Waals surface area contributed by atoms with Gasteiger partial charge in [-0.3, -0.25) is 0 Å². The van der Waals surface area contributed by atoms with Gasteiger partial charge in [0.2, 0.25) is 11.8 Å². The lowest BCUT2D eigenvalue weighted by molar-refractivity contribution is 0.0237. The van der Waals surface area contributed by atoms with E-state index in [0.717, 1.165) is 38.3 Å². The monoisotopic (exact) mass is 237 g/mol. The van der Waals surface area contributed by atoms with Gasteiger partial charge < -0.3 is 14.8 Å². The van der Waals surface area contributed by atoms with Crippen LogP contribution in [-0.4, -0.2) is 35.8 Å². The minimum Gasteiger partial charge on any atom is -0.474 e. The highest BCUT2D eigenvalue weighted by atomic mass is 16.5. The van der Waals surface area contributed by atoms with Crippen LogP contribution < -0.4 is 10.1 Å². The van der Waals surface area contributed by atoms with Crippen LogP contribution in [0.4, 0.5) is 5.95 Å². The van der Waals surface area contributed by atoms with E-state index in [1.54, 1.807) is 0 Å². The third-order valence-corrected chi connectivity index (χ3v) is 2.62. The van der Waals surface area contributed by atoms with E-state index < -0.39 is 0 Å². The quantitative estimate of drug-likeness (QED) is 0.865. The van der Waals surface area contributed by atoms with Crippen molar-refractivity contribution in [2.75, 3.05) is 25.1 Å². The first-order valence-electron chi connectivity index (χ1n) is 6.12. The van der Waals surface area contributed by atoms with Gasteiger partial charge in [0.1, 0.15) is 6.10 Å². The van der Waals surface area contributed by atoms with Crippen molar-refractivity contribution in [3.8, 4) is 5.88 Å². The molecular weight excluding hydrogens is 218 g/mol. The van der Waals surface area contributed by atoms with Gasteiger partial charge in [0, 0.05) is 31.1 Å². The molecule has 1 aliphatic rings. The Hall–Kier alpha value is -1.36. The van der Waals surface area contributed by atoms with E-state index in [1.165, 1.54) is 0 Å². The number of aromatic nitrogens is 2. The summed E-state index contributed by atoms with van der Waals surface area (Å²) in [5.74, 6) is 1.29. The Morgan fingerprint density at radius 3 is 2.88 bits per heavy atom. The molecule has 0 aromatic carbocycles. The molecule has 0 aliphatic carbocycles. The summed E-state index contributed by atoms with van der Waals surface area (Å²) in [5.41, 5.74) is 0.915. The standard InChI is InChI=1S/C12H19N3O2/c1-3-13-12-14-9(2)8-11(15-12)17-10-4-6-16-7-5-10/h8,10H,3-7H2,1-2H3,(H,13,14,15). The van der Waals surface area contributed by atoms with Gasteiger partial charge >= 0.3 is 0 Å². The first-order valence-corrected chi connectivity index (χ1v) is 6.12. The van der Waals surface area contributed by atoms with E-state index >= 15 is 0 Å². The molecule has 5 heteroatoms. The molecule has 0 bridgehead atoms. The molecule has 0 atom stereocenters. The molecule has 0 unspecified atom stereocenters. The SMILES string of the molecule is CCNc1nc(C)cc(OC2CCOCC2)n1. The van der Waals surface area contributed by atoms with Gasteiger partial charge in [0.05, 0.1) is 13.2 Å². The molecule has 0 radical (unpaired) electrons. The number of hydrogen-bond acceptors (Lipinski definition) is 5. The van der Waals surface area contributed by atoms with E-state index in [9.17, 15) is 0 Å². The number of nitrogens with zero attached hydrogens (tertiary/aromatic N) is 2. The lowest BCUT2D eigenvalue weighted by Crippen LogP contribution is -2.26. The molecule has 1 saturated heterocycles. The molecule has 2 heterocycles. The molecule has 0 spiro atoms. The van der Waals surface area contributed by atoms with Gasteiger partial charge in [-0.15, -0.1) is 0 Å². The van der Waals surface area contributed by atoms with Crippen molar-refractivity contribution in [3.05, 3.63) is 11.8 Å². The summed E-state index contributed by atoms with van der Waals surface area (Å²) in [6.45, 7) is 6.31. The molecule has 1 aliphatic heterocycles. The zero-order chi connectivity index (χ0) is 12.1. The first-order chi connectivity index (χ1) is 8.28. The lowest BCUT2D eigenvalue weighted by Gasteiger charge is -2.22. The van der Waals surface area contributed by atoms with Crippen molar-refractivity contribution in [2.24, 2.45) is 0 Å². The summed E-state index contributed by atoms with van der Waals surface area (Å²) < 4.78 is 11.2. The van der Waals surface area contributed by atoms with Gasteiger partial charge in [0.15, 0.2) is 0 Å². The zero-order valence-corrected chi connectivity index (χ0v) is 10.4. The van der Waals surface area contributed by atoms with Crippen LogP contribution in [-0.2, 0) is 4.74 Å². The molecule has 2 rings (SSSR count). The van der Waals surface area contributed by atoms with Crippen molar-refractivity contribution in [1.29, 1.82) is 0 Å². The molecule has 0 amide bonds. The predicted octanol–water partition coefficient (Wildman–Crippen LogP) is 1.77. The number of nitrogens with one attached hydrogen (secondary N) is 1. The Labute approximate surface area is 102 Å². The van der Waals surface area contributed by atoms with Crippen molar-refractivity contribution in [2.45, 2.75) is 32.8 Å². The van der Waals surface area contributed by atoms with Gasteiger partial charge in [-0.1, -0.05) is 0 Å². The molecule has 17 heavy (non-hydrogen) atoms. The van der Waals surface area contributed by atoms with Crippen LogP contribution in [0, 0.1) is 6.92 Å². The molecule has 5 nitrogen and oxygen atoms in total. The molecular formula is C12H19N3O2. The summed E-state index contributed by atoms with van der Waals surface area (Å²) in [7, 11) is 0. The zero-order valence-electron chi connectivity index (χ0n) is 10.4. The van der Waals surface area contributed by atoms with Crippen LogP contribution in [0.25, 0.3) is 0 Å². The highest BCUT2D eigenvalue weighted by Crippen LogP contribution is 2.17. The maximum absolute atomic E-state index is 5.85. The van der Waals surface area contributed by atoms with Crippen LogP contribution >= 0.6 is 0 Å². The first kappa shape index (κ1) is 12.1. The molecule has 0 saturated carbocycles. The number of anilines is 1.